The first-order chi connectivity index (χ1) is 9.65. The molecule has 0 radical (unpaired) electrons. The van der Waals surface area contributed by atoms with Crippen LogP contribution in [0.1, 0.15) is 28.9 Å². The molecular formula is C16H21Cl2N3O. The first kappa shape index (κ1) is 18.7. The lowest BCUT2D eigenvalue weighted by Gasteiger charge is -2.31. The standard InChI is InChI=1S/C16H19N3O.2ClH/c1-11-9-14(13-6-2-3-7-15(13)18-11)16(20)19-8-4-5-12(17)10-19;;/h2-3,6-7,9,12H,4-5,8,10,17H2,1H3;2*1H/t12-;;/m1../s1. The number of benzene rings is 1. The largest absolute Gasteiger partial charge is 0.337 e. The smallest absolute Gasteiger partial charge is 0.254 e. The molecule has 0 spiro atoms. The molecule has 1 aromatic carbocycles. The van der Waals surface area contributed by atoms with E-state index in [9.17, 15) is 4.79 Å². The zero-order chi connectivity index (χ0) is 14.1. The van der Waals surface area contributed by atoms with Gasteiger partial charge < -0.3 is 10.6 Å². The minimum Gasteiger partial charge on any atom is -0.337 e. The monoisotopic (exact) mass is 341 g/mol. The van der Waals surface area contributed by atoms with Gasteiger partial charge in [0.15, 0.2) is 0 Å². The number of nitrogens with zero attached hydrogens (tertiary/aromatic N) is 2. The van der Waals surface area contributed by atoms with E-state index in [4.69, 9.17) is 5.73 Å². The minimum absolute atomic E-state index is 0. The van der Waals surface area contributed by atoms with Crippen LogP contribution in [-0.2, 0) is 0 Å². The second kappa shape index (κ2) is 7.77. The zero-order valence-electron chi connectivity index (χ0n) is 12.5. The number of rotatable bonds is 1. The molecule has 1 aliphatic rings. The number of halogens is 2. The molecule has 1 saturated heterocycles. The highest BCUT2D eigenvalue weighted by molar-refractivity contribution is 6.06. The molecule has 6 heteroatoms. The van der Waals surface area contributed by atoms with Gasteiger partial charge in [-0.15, -0.1) is 24.8 Å². The number of hydrogen-bond acceptors (Lipinski definition) is 3. The van der Waals surface area contributed by atoms with E-state index < -0.39 is 0 Å². The summed E-state index contributed by atoms with van der Waals surface area (Å²) in [5.74, 6) is 0.0712. The zero-order valence-corrected chi connectivity index (χ0v) is 14.1. The fraction of sp³-hybridized carbons (Fsp3) is 0.375. The van der Waals surface area contributed by atoms with Crippen LogP contribution >= 0.6 is 24.8 Å². The molecule has 120 valence electrons. The number of nitrogens with two attached hydrogens (primary N) is 1. The molecule has 22 heavy (non-hydrogen) atoms. The van der Waals surface area contributed by atoms with Gasteiger partial charge >= 0.3 is 0 Å². The Morgan fingerprint density at radius 3 is 2.77 bits per heavy atom. The number of piperidine rings is 1. The topological polar surface area (TPSA) is 59.2 Å². The Labute approximate surface area is 142 Å². The molecule has 2 N–H and O–H groups in total. The number of aromatic nitrogens is 1. The lowest BCUT2D eigenvalue weighted by molar-refractivity contribution is 0.0710. The molecule has 4 nitrogen and oxygen atoms in total. The molecule has 1 atom stereocenters. The lowest BCUT2D eigenvalue weighted by Crippen LogP contribution is -2.45. The van der Waals surface area contributed by atoms with Gasteiger partial charge in [-0.2, -0.15) is 0 Å². The fourth-order valence-electron chi connectivity index (χ4n) is 2.85. The van der Waals surface area contributed by atoms with Gasteiger partial charge in [-0.05, 0) is 31.9 Å². The molecule has 3 rings (SSSR count). The molecule has 1 aromatic heterocycles. The van der Waals surface area contributed by atoms with Crippen LogP contribution < -0.4 is 5.73 Å². The summed E-state index contributed by atoms with van der Waals surface area (Å²) in [7, 11) is 0. The molecule has 0 unspecified atom stereocenters. The number of hydrogen-bond donors (Lipinski definition) is 1. The molecule has 2 aromatic rings. The average Bonchev–Trinajstić information content (AvgIpc) is 2.45. The van der Waals surface area contributed by atoms with E-state index >= 15 is 0 Å². The maximum atomic E-state index is 12.8. The van der Waals surface area contributed by atoms with Crippen molar-refractivity contribution >= 4 is 41.6 Å². The van der Waals surface area contributed by atoms with E-state index in [1.54, 1.807) is 0 Å². The minimum atomic E-state index is 0. The number of carbonyl (C=O) groups excluding carboxylic acids is 1. The molecule has 0 aliphatic carbocycles. The Morgan fingerprint density at radius 1 is 1.32 bits per heavy atom. The highest BCUT2D eigenvalue weighted by Gasteiger charge is 2.23. The Balaban J connectivity index is 0.00000121. The summed E-state index contributed by atoms with van der Waals surface area (Å²) in [5, 5.41) is 0.919. The Morgan fingerprint density at radius 2 is 2.05 bits per heavy atom. The quantitative estimate of drug-likeness (QED) is 0.867. The number of aryl methyl sites for hydroxylation is 1. The van der Waals surface area contributed by atoms with Crippen molar-refractivity contribution in [3.8, 4) is 0 Å². The van der Waals surface area contributed by atoms with E-state index in [0.717, 1.165) is 41.5 Å². The van der Waals surface area contributed by atoms with Gasteiger partial charge in [0.25, 0.3) is 5.91 Å². The van der Waals surface area contributed by atoms with Gasteiger partial charge in [0.1, 0.15) is 0 Å². The maximum absolute atomic E-state index is 12.8. The maximum Gasteiger partial charge on any atom is 0.254 e. The van der Waals surface area contributed by atoms with Gasteiger partial charge in [0.2, 0.25) is 0 Å². The number of likely N-dealkylation sites (tertiary alicyclic amines) is 1. The number of amides is 1. The first-order valence-corrected chi connectivity index (χ1v) is 7.06. The van der Waals surface area contributed by atoms with Gasteiger partial charge in [-0.1, -0.05) is 18.2 Å². The van der Waals surface area contributed by atoms with Gasteiger partial charge in [-0.25, -0.2) is 0 Å². The number of pyridine rings is 1. The summed E-state index contributed by atoms with van der Waals surface area (Å²) in [4.78, 5) is 19.1. The fourth-order valence-corrected chi connectivity index (χ4v) is 2.85. The van der Waals surface area contributed by atoms with E-state index in [1.807, 2.05) is 42.2 Å². The third-order valence-electron chi connectivity index (χ3n) is 3.82. The summed E-state index contributed by atoms with van der Waals surface area (Å²) in [5.41, 5.74) is 8.46. The first-order valence-electron chi connectivity index (χ1n) is 7.06. The van der Waals surface area contributed by atoms with Gasteiger partial charge in [-0.3, -0.25) is 9.78 Å². The molecular weight excluding hydrogens is 321 g/mol. The predicted molar refractivity (Wildman–Crippen MR) is 94.1 cm³/mol. The van der Waals surface area contributed by atoms with E-state index in [2.05, 4.69) is 4.98 Å². The highest BCUT2D eigenvalue weighted by atomic mass is 35.5. The normalized spacial score (nSPS) is 17.5. The van der Waals surface area contributed by atoms with Crippen LogP contribution in [0.3, 0.4) is 0 Å². The Kier molecular flexibility index (Phi) is 6.60. The SMILES string of the molecule is Cc1cc(C(=O)N2CCC[C@@H](N)C2)c2ccccc2n1.Cl.Cl. The Bertz CT molecular complexity index is 663. The van der Waals surface area contributed by atoms with Crippen molar-refractivity contribution in [2.45, 2.75) is 25.8 Å². The second-order valence-corrected chi connectivity index (χ2v) is 5.48. The van der Waals surface area contributed by atoms with Crippen LogP contribution in [0.5, 0.6) is 0 Å². The van der Waals surface area contributed by atoms with Crippen LogP contribution in [0.2, 0.25) is 0 Å². The van der Waals surface area contributed by atoms with Crippen LogP contribution in [0, 0.1) is 6.92 Å². The number of fused-ring (bicyclic) bond motifs is 1. The van der Waals surface area contributed by atoms with Crippen molar-refractivity contribution in [1.82, 2.24) is 9.88 Å². The van der Waals surface area contributed by atoms with E-state index in [1.165, 1.54) is 0 Å². The van der Waals surface area contributed by atoms with Crippen molar-refractivity contribution in [1.29, 1.82) is 0 Å². The van der Waals surface area contributed by atoms with Crippen molar-refractivity contribution in [3.63, 3.8) is 0 Å². The summed E-state index contributed by atoms with van der Waals surface area (Å²) in [6.07, 6.45) is 1.98. The van der Waals surface area contributed by atoms with E-state index in [-0.39, 0.29) is 36.8 Å². The van der Waals surface area contributed by atoms with Crippen molar-refractivity contribution in [2.75, 3.05) is 13.1 Å². The molecule has 1 amide bonds. The van der Waals surface area contributed by atoms with Crippen LogP contribution in [0.15, 0.2) is 30.3 Å². The average molecular weight is 342 g/mol. The van der Waals surface area contributed by atoms with Crippen molar-refractivity contribution in [2.24, 2.45) is 5.73 Å². The van der Waals surface area contributed by atoms with Crippen molar-refractivity contribution in [3.05, 3.63) is 41.6 Å². The summed E-state index contributed by atoms with van der Waals surface area (Å²) < 4.78 is 0. The lowest BCUT2D eigenvalue weighted by atomic mass is 10.0. The summed E-state index contributed by atoms with van der Waals surface area (Å²) in [6.45, 7) is 3.36. The van der Waals surface area contributed by atoms with Crippen molar-refractivity contribution < 1.29 is 4.79 Å². The molecule has 1 aliphatic heterocycles. The second-order valence-electron chi connectivity index (χ2n) is 5.48. The van der Waals surface area contributed by atoms with Gasteiger partial charge in [0, 0.05) is 30.2 Å². The molecule has 0 saturated carbocycles. The number of carbonyl (C=O) groups is 1. The predicted octanol–water partition coefficient (Wildman–Crippen LogP) is 2.95. The van der Waals surface area contributed by atoms with E-state index in [0.29, 0.717) is 6.54 Å². The summed E-state index contributed by atoms with van der Waals surface area (Å²) in [6, 6.07) is 9.77. The third-order valence-corrected chi connectivity index (χ3v) is 3.82. The molecule has 0 bridgehead atoms. The highest BCUT2D eigenvalue weighted by Crippen LogP contribution is 2.21. The number of para-hydroxylation sites is 1. The third kappa shape index (κ3) is 3.69. The molecule has 1 fully saturated rings. The Hall–Kier alpha value is -1.36. The summed E-state index contributed by atoms with van der Waals surface area (Å²) >= 11 is 0. The molecule has 2 heterocycles. The van der Waals surface area contributed by atoms with Crippen LogP contribution in [0.4, 0.5) is 0 Å². The van der Waals surface area contributed by atoms with Gasteiger partial charge in [0.05, 0.1) is 11.1 Å². The van der Waals surface area contributed by atoms with Crippen LogP contribution in [-0.4, -0.2) is 34.9 Å². The van der Waals surface area contributed by atoms with Crippen LogP contribution in [0.25, 0.3) is 10.9 Å².